The van der Waals surface area contributed by atoms with E-state index in [1.807, 2.05) is 61.5 Å². The molecule has 1 atom stereocenters. The third-order valence-electron chi connectivity index (χ3n) is 6.51. The number of carbonyl (C=O) groups excluding carboxylic acids is 2. The fourth-order valence-corrected chi connectivity index (χ4v) is 4.66. The zero-order valence-corrected chi connectivity index (χ0v) is 20.7. The highest BCUT2D eigenvalue weighted by Gasteiger charge is 2.46. The van der Waals surface area contributed by atoms with Crippen molar-refractivity contribution in [2.24, 2.45) is 0 Å². The van der Waals surface area contributed by atoms with E-state index in [0.717, 1.165) is 17.5 Å². The van der Waals surface area contributed by atoms with Crippen LogP contribution < -0.4 is 14.2 Å². The number of fused-ring (bicyclic) bond motifs is 1. The molecule has 0 saturated carbocycles. The SMILES string of the molecule is CCCOc1ccc(C2/C(=C(\O)c3ccc4c(c3)OCCO4)C(=O)C(=O)N2CCc2ccccc2)cc1. The molecule has 0 aromatic heterocycles. The van der Waals surface area contributed by atoms with E-state index in [2.05, 4.69) is 0 Å². The maximum Gasteiger partial charge on any atom is 0.295 e. The van der Waals surface area contributed by atoms with Gasteiger partial charge < -0.3 is 24.2 Å². The summed E-state index contributed by atoms with van der Waals surface area (Å²) in [5.41, 5.74) is 2.21. The van der Waals surface area contributed by atoms with Gasteiger partial charge in [-0.2, -0.15) is 0 Å². The average Bonchev–Trinajstić information content (AvgIpc) is 3.20. The molecule has 1 unspecified atom stereocenters. The summed E-state index contributed by atoms with van der Waals surface area (Å²) in [4.78, 5) is 28.1. The Morgan fingerprint density at radius 3 is 2.43 bits per heavy atom. The standard InChI is InChI=1S/C30H29NO6/c1-2-16-35-23-11-8-21(9-12-23)27-26(28(32)22-10-13-24-25(19-22)37-18-17-36-24)29(33)30(34)31(27)15-14-20-6-4-3-5-7-20/h3-13,19,27,32H,2,14-18H2,1H3/b28-26+. The van der Waals surface area contributed by atoms with Crippen molar-refractivity contribution in [2.75, 3.05) is 26.4 Å². The van der Waals surface area contributed by atoms with Crippen molar-refractivity contribution in [3.05, 3.63) is 95.1 Å². The first-order valence-corrected chi connectivity index (χ1v) is 12.5. The molecule has 1 amide bonds. The summed E-state index contributed by atoms with van der Waals surface area (Å²) in [5, 5.41) is 11.4. The number of hydrogen-bond acceptors (Lipinski definition) is 6. The number of rotatable bonds is 8. The van der Waals surface area contributed by atoms with Gasteiger partial charge in [0.15, 0.2) is 11.5 Å². The molecule has 3 aromatic carbocycles. The Kier molecular flexibility index (Phi) is 7.12. The number of nitrogens with zero attached hydrogens (tertiary/aromatic N) is 1. The van der Waals surface area contributed by atoms with Gasteiger partial charge in [0.25, 0.3) is 11.7 Å². The minimum absolute atomic E-state index is 0.0527. The topological polar surface area (TPSA) is 85.3 Å². The monoisotopic (exact) mass is 499 g/mol. The van der Waals surface area contributed by atoms with Crippen LogP contribution in [0, 0.1) is 0 Å². The highest BCUT2D eigenvalue weighted by Crippen LogP contribution is 2.41. The van der Waals surface area contributed by atoms with Crippen molar-refractivity contribution in [3.63, 3.8) is 0 Å². The molecule has 7 heteroatoms. The number of ketones is 1. The van der Waals surface area contributed by atoms with Gasteiger partial charge in [0, 0.05) is 12.1 Å². The highest BCUT2D eigenvalue weighted by molar-refractivity contribution is 6.46. The largest absolute Gasteiger partial charge is 0.507 e. The van der Waals surface area contributed by atoms with E-state index in [4.69, 9.17) is 14.2 Å². The molecule has 37 heavy (non-hydrogen) atoms. The lowest BCUT2D eigenvalue weighted by molar-refractivity contribution is -0.139. The number of amides is 1. The second-order valence-electron chi connectivity index (χ2n) is 9.00. The summed E-state index contributed by atoms with van der Waals surface area (Å²) in [6.07, 6.45) is 1.46. The number of aliphatic hydroxyl groups is 1. The van der Waals surface area contributed by atoms with Gasteiger partial charge in [-0.25, -0.2) is 0 Å². The first-order chi connectivity index (χ1) is 18.1. The Morgan fingerprint density at radius 1 is 0.973 bits per heavy atom. The number of aliphatic hydroxyl groups excluding tert-OH is 1. The lowest BCUT2D eigenvalue weighted by Gasteiger charge is -2.26. The van der Waals surface area contributed by atoms with Crippen molar-refractivity contribution in [3.8, 4) is 17.2 Å². The summed E-state index contributed by atoms with van der Waals surface area (Å²) in [5.74, 6) is 0.184. The minimum Gasteiger partial charge on any atom is -0.507 e. The molecule has 7 nitrogen and oxygen atoms in total. The molecule has 0 spiro atoms. The van der Waals surface area contributed by atoms with E-state index in [9.17, 15) is 14.7 Å². The molecule has 1 fully saturated rings. The van der Waals surface area contributed by atoms with Gasteiger partial charge in [0.05, 0.1) is 18.2 Å². The zero-order valence-electron chi connectivity index (χ0n) is 20.7. The van der Waals surface area contributed by atoms with Gasteiger partial charge in [-0.3, -0.25) is 9.59 Å². The van der Waals surface area contributed by atoms with E-state index in [1.165, 1.54) is 0 Å². The maximum absolute atomic E-state index is 13.3. The highest BCUT2D eigenvalue weighted by atomic mass is 16.6. The van der Waals surface area contributed by atoms with E-state index in [-0.39, 0.29) is 11.3 Å². The van der Waals surface area contributed by atoms with Gasteiger partial charge >= 0.3 is 0 Å². The second kappa shape index (κ2) is 10.8. The lowest BCUT2D eigenvalue weighted by Crippen LogP contribution is -2.31. The van der Waals surface area contributed by atoms with Gasteiger partial charge in [0.1, 0.15) is 24.7 Å². The summed E-state index contributed by atoms with van der Waals surface area (Å²) in [7, 11) is 0. The third-order valence-corrected chi connectivity index (χ3v) is 6.51. The average molecular weight is 500 g/mol. The zero-order chi connectivity index (χ0) is 25.8. The molecular formula is C30H29NO6. The van der Waals surface area contributed by atoms with Crippen LogP contribution in [0.3, 0.4) is 0 Å². The van der Waals surface area contributed by atoms with Crippen LogP contribution in [-0.4, -0.2) is 48.1 Å². The lowest BCUT2D eigenvalue weighted by atomic mass is 9.95. The van der Waals surface area contributed by atoms with Crippen LogP contribution in [0.1, 0.15) is 36.1 Å². The van der Waals surface area contributed by atoms with Crippen molar-refractivity contribution >= 4 is 17.4 Å². The Balaban J connectivity index is 1.54. The fraction of sp³-hybridized carbons (Fsp3) is 0.267. The third kappa shape index (κ3) is 5.03. The maximum atomic E-state index is 13.3. The molecule has 190 valence electrons. The first kappa shape index (κ1) is 24.4. The predicted molar refractivity (Wildman–Crippen MR) is 139 cm³/mol. The van der Waals surface area contributed by atoms with Crippen molar-refractivity contribution in [2.45, 2.75) is 25.8 Å². The van der Waals surface area contributed by atoms with E-state index < -0.39 is 17.7 Å². The Morgan fingerprint density at radius 2 is 1.70 bits per heavy atom. The summed E-state index contributed by atoms with van der Waals surface area (Å²) in [6.45, 7) is 3.80. The Labute approximate surface area is 215 Å². The minimum atomic E-state index is -0.739. The Bertz CT molecular complexity index is 1320. The number of benzene rings is 3. The van der Waals surface area contributed by atoms with Gasteiger partial charge in [0.2, 0.25) is 0 Å². The Hall–Kier alpha value is -4.26. The van der Waals surface area contributed by atoms with Crippen molar-refractivity contribution in [1.29, 1.82) is 0 Å². The van der Waals surface area contributed by atoms with Crippen LogP contribution in [0.4, 0.5) is 0 Å². The molecule has 1 N–H and O–H groups in total. The summed E-state index contributed by atoms with van der Waals surface area (Å²) >= 11 is 0. The molecule has 1 saturated heterocycles. The van der Waals surface area contributed by atoms with Crippen LogP contribution in [0.15, 0.2) is 78.4 Å². The molecular weight excluding hydrogens is 470 g/mol. The van der Waals surface area contributed by atoms with Gasteiger partial charge in [-0.05, 0) is 54.3 Å². The number of carbonyl (C=O) groups is 2. The van der Waals surface area contributed by atoms with E-state index >= 15 is 0 Å². The van der Waals surface area contributed by atoms with Crippen molar-refractivity contribution < 1.29 is 28.9 Å². The molecule has 3 aromatic rings. The number of hydrogen-bond donors (Lipinski definition) is 1. The molecule has 0 radical (unpaired) electrons. The van der Waals surface area contributed by atoms with Crippen LogP contribution in [0.25, 0.3) is 5.76 Å². The smallest absolute Gasteiger partial charge is 0.295 e. The van der Waals surface area contributed by atoms with E-state index in [1.54, 1.807) is 23.1 Å². The summed E-state index contributed by atoms with van der Waals surface area (Å²) < 4.78 is 16.9. The molecule has 5 rings (SSSR count). The quantitative estimate of drug-likeness (QED) is 0.269. The van der Waals surface area contributed by atoms with Gasteiger partial charge in [-0.1, -0.05) is 49.4 Å². The van der Waals surface area contributed by atoms with E-state index in [0.29, 0.717) is 55.6 Å². The normalized spacial score (nSPS) is 18.2. The van der Waals surface area contributed by atoms with Crippen molar-refractivity contribution in [1.82, 2.24) is 4.90 Å². The number of Topliss-reactive ketones (excluding diaryl/α,β-unsaturated/α-hetero) is 1. The number of ether oxygens (including phenoxy) is 3. The van der Waals surface area contributed by atoms with Crippen LogP contribution in [-0.2, 0) is 16.0 Å². The molecule has 2 aliphatic heterocycles. The van der Waals surface area contributed by atoms with Crippen LogP contribution >= 0.6 is 0 Å². The molecule has 2 heterocycles. The summed E-state index contributed by atoms with van der Waals surface area (Å²) in [6, 6.07) is 21.4. The second-order valence-corrected chi connectivity index (χ2v) is 9.00. The predicted octanol–water partition coefficient (Wildman–Crippen LogP) is 4.91. The molecule has 0 bridgehead atoms. The first-order valence-electron chi connectivity index (χ1n) is 12.5. The molecule has 2 aliphatic rings. The molecule has 0 aliphatic carbocycles. The number of likely N-dealkylation sites (tertiary alicyclic amines) is 1. The fourth-order valence-electron chi connectivity index (χ4n) is 4.66. The van der Waals surface area contributed by atoms with Gasteiger partial charge in [-0.15, -0.1) is 0 Å². The van der Waals surface area contributed by atoms with Crippen LogP contribution in [0.2, 0.25) is 0 Å². The van der Waals surface area contributed by atoms with Crippen LogP contribution in [0.5, 0.6) is 17.2 Å².